The molecule has 2 aliphatic heterocycles. The lowest BCUT2D eigenvalue weighted by Crippen LogP contribution is -2.42. The minimum absolute atomic E-state index is 0.125. The number of rotatable bonds is 3. The highest BCUT2D eigenvalue weighted by atomic mass is 32.2. The number of fused-ring (bicyclic) bond motifs is 4. The predicted octanol–water partition coefficient (Wildman–Crippen LogP) is 4.61. The molecule has 0 spiro atoms. The summed E-state index contributed by atoms with van der Waals surface area (Å²) in [5.41, 5.74) is 1.90. The van der Waals surface area contributed by atoms with Gasteiger partial charge in [0.05, 0.1) is 22.2 Å². The van der Waals surface area contributed by atoms with Crippen molar-refractivity contribution in [2.24, 2.45) is 0 Å². The maximum absolute atomic E-state index is 13.4. The first-order chi connectivity index (χ1) is 14.7. The summed E-state index contributed by atoms with van der Waals surface area (Å²) in [6.45, 7) is 0. The van der Waals surface area contributed by atoms with E-state index in [9.17, 15) is 21.6 Å². The Morgan fingerprint density at radius 3 is 2.52 bits per heavy atom. The molecule has 0 amide bonds. The Labute approximate surface area is 177 Å². The summed E-state index contributed by atoms with van der Waals surface area (Å²) < 4.78 is 67.4. The highest BCUT2D eigenvalue weighted by molar-refractivity contribution is 7.89. The van der Waals surface area contributed by atoms with Gasteiger partial charge in [-0.3, -0.25) is 0 Å². The first kappa shape index (κ1) is 20.1. The fraction of sp³-hybridized carbons (Fsp3) is 0.273. The second kappa shape index (κ2) is 7.13. The van der Waals surface area contributed by atoms with Gasteiger partial charge in [0.15, 0.2) is 0 Å². The van der Waals surface area contributed by atoms with Crippen LogP contribution >= 0.6 is 0 Å². The molecule has 31 heavy (non-hydrogen) atoms. The van der Waals surface area contributed by atoms with Crippen LogP contribution in [0.1, 0.15) is 35.7 Å². The summed E-state index contributed by atoms with van der Waals surface area (Å²) >= 11 is 0. The van der Waals surface area contributed by atoms with Gasteiger partial charge in [-0.25, -0.2) is 18.4 Å². The first-order valence-corrected chi connectivity index (χ1v) is 11.3. The van der Waals surface area contributed by atoms with Crippen LogP contribution in [0.15, 0.2) is 66.0 Å². The zero-order chi connectivity index (χ0) is 21.8. The molecule has 3 heterocycles. The molecule has 5 nitrogen and oxygen atoms in total. The molecule has 160 valence electrons. The molecular weight excluding hydrogens is 427 g/mol. The van der Waals surface area contributed by atoms with E-state index in [1.165, 1.54) is 24.5 Å². The van der Waals surface area contributed by atoms with Gasteiger partial charge in [0.25, 0.3) is 0 Å². The van der Waals surface area contributed by atoms with Crippen molar-refractivity contribution < 1.29 is 21.6 Å². The minimum Gasteiger partial charge on any atom is -0.244 e. The monoisotopic (exact) mass is 445 g/mol. The van der Waals surface area contributed by atoms with Gasteiger partial charge in [0, 0.05) is 24.2 Å². The van der Waals surface area contributed by atoms with Crippen LogP contribution in [0, 0.1) is 0 Å². The average Bonchev–Trinajstić information content (AvgIpc) is 3.09. The molecule has 3 aromatic rings. The van der Waals surface area contributed by atoms with Crippen LogP contribution in [0.4, 0.5) is 13.2 Å². The number of alkyl halides is 3. The quantitative estimate of drug-likeness (QED) is 0.591. The van der Waals surface area contributed by atoms with E-state index >= 15 is 0 Å². The van der Waals surface area contributed by atoms with Crippen molar-refractivity contribution in [3.8, 4) is 11.1 Å². The average molecular weight is 445 g/mol. The van der Waals surface area contributed by atoms with E-state index in [-0.39, 0.29) is 17.0 Å². The van der Waals surface area contributed by atoms with Crippen molar-refractivity contribution in [1.82, 2.24) is 14.3 Å². The predicted molar refractivity (Wildman–Crippen MR) is 107 cm³/mol. The summed E-state index contributed by atoms with van der Waals surface area (Å²) in [6, 6.07) is 10.6. The van der Waals surface area contributed by atoms with E-state index < -0.39 is 21.8 Å². The van der Waals surface area contributed by atoms with Gasteiger partial charge < -0.3 is 0 Å². The maximum atomic E-state index is 13.4. The third-order valence-corrected chi connectivity index (χ3v) is 7.98. The highest BCUT2D eigenvalue weighted by Crippen LogP contribution is 2.46. The molecule has 1 saturated heterocycles. The lowest BCUT2D eigenvalue weighted by atomic mass is 10.0. The molecule has 2 bridgehead atoms. The number of sulfonamides is 1. The highest BCUT2D eigenvalue weighted by Gasteiger charge is 2.47. The van der Waals surface area contributed by atoms with Gasteiger partial charge >= 0.3 is 6.18 Å². The van der Waals surface area contributed by atoms with Crippen LogP contribution in [0.25, 0.3) is 11.1 Å². The van der Waals surface area contributed by atoms with Gasteiger partial charge in [-0.1, -0.05) is 24.3 Å². The summed E-state index contributed by atoms with van der Waals surface area (Å²) in [5.74, 6) is 0. The zero-order valence-corrected chi connectivity index (χ0v) is 17.1. The largest absolute Gasteiger partial charge is 0.416 e. The molecular formula is C22H18F3N3O2S. The Morgan fingerprint density at radius 2 is 1.77 bits per heavy atom. The van der Waals surface area contributed by atoms with E-state index in [0.29, 0.717) is 24.0 Å². The molecule has 9 heteroatoms. The summed E-state index contributed by atoms with van der Waals surface area (Å²) in [6.07, 6.45) is 0.751. The van der Waals surface area contributed by atoms with Crippen molar-refractivity contribution in [1.29, 1.82) is 0 Å². The molecule has 0 saturated carbocycles. The Balaban J connectivity index is 1.47. The third kappa shape index (κ3) is 3.41. The zero-order valence-electron chi connectivity index (χ0n) is 16.2. The maximum Gasteiger partial charge on any atom is 0.416 e. The van der Waals surface area contributed by atoms with Gasteiger partial charge in [-0.2, -0.15) is 17.5 Å². The van der Waals surface area contributed by atoms with Crippen LogP contribution in [0.2, 0.25) is 0 Å². The number of hydrogen-bond acceptors (Lipinski definition) is 4. The number of nitrogens with zero attached hydrogens (tertiary/aromatic N) is 3. The lowest BCUT2D eigenvalue weighted by molar-refractivity contribution is -0.137. The third-order valence-electron chi connectivity index (χ3n) is 6.01. The van der Waals surface area contributed by atoms with E-state index in [1.54, 1.807) is 28.7 Å². The van der Waals surface area contributed by atoms with Gasteiger partial charge in [-0.15, -0.1) is 0 Å². The van der Waals surface area contributed by atoms with Crippen molar-refractivity contribution in [2.45, 2.75) is 42.4 Å². The van der Waals surface area contributed by atoms with Crippen LogP contribution in [-0.4, -0.2) is 28.7 Å². The molecule has 1 aromatic heterocycles. The first-order valence-electron chi connectivity index (χ1n) is 9.85. The number of benzene rings is 2. The molecule has 2 unspecified atom stereocenters. The topological polar surface area (TPSA) is 63.2 Å². The van der Waals surface area contributed by atoms with Crippen molar-refractivity contribution in [3.05, 3.63) is 77.9 Å². The van der Waals surface area contributed by atoms with E-state index in [4.69, 9.17) is 0 Å². The number of hydrogen-bond donors (Lipinski definition) is 0. The summed E-state index contributed by atoms with van der Waals surface area (Å²) in [5, 5.41) is 0. The minimum atomic E-state index is -4.44. The Hall–Kier alpha value is -2.78. The molecule has 1 fully saturated rings. The molecule has 0 radical (unpaired) electrons. The second-order valence-electron chi connectivity index (χ2n) is 7.81. The molecule has 0 aliphatic carbocycles. The van der Waals surface area contributed by atoms with E-state index in [1.807, 2.05) is 0 Å². The van der Waals surface area contributed by atoms with Crippen molar-refractivity contribution in [2.75, 3.05) is 0 Å². The van der Waals surface area contributed by atoms with Crippen molar-refractivity contribution >= 4 is 10.0 Å². The normalized spacial score (nSPS) is 21.1. The Bertz CT molecular complexity index is 1240. The van der Waals surface area contributed by atoms with Crippen LogP contribution in [0.3, 0.4) is 0 Å². The Morgan fingerprint density at radius 1 is 1.00 bits per heavy atom. The molecule has 2 aliphatic rings. The molecule has 5 rings (SSSR count). The Kier molecular flexibility index (Phi) is 4.63. The second-order valence-corrected chi connectivity index (χ2v) is 9.66. The van der Waals surface area contributed by atoms with E-state index in [0.717, 1.165) is 29.8 Å². The van der Waals surface area contributed by atoms with Crippen molar-refractivity contribution in [3.63, 3.8) is 0 Å². The standard InChI is InChI=1S/C22H18F3N3O2S/c23-22(24,25)16-3-1-2-15(10-16)14-4-7-18(8-5-14)31(29,30)28-17-6-9-21(28)19-12-26-13-27-20(19)11-17/h1-5,7-8,10,12-13,17,21H,6,9,11H2. The van der Waals surface area contributed by atoms with Crippen LogP contribution in [-0.2, 0) is 22.6 Å². The number of halogens is 3. The van der Waals surface area contributed by atoms with Crippen LogP contribution < -0.4 is 0 Å². The summed E-state index contributed by atoms with van der Waals surface area (Å²) in [4.78, 5) is 8.49. The lowest BCUT2D eigenvalue weighted by Gasteiger charge is -2.34. The molecule has 2 aromatic carbocycles. The smallest absolute Gasteiger partial charge is 0.244 e. The molecule has 0 N–H and O–H groups in total. The van der Waals surface area contributed by atoms with Gasteiger partial charge in [0.2, 0.25) is 10.0 Å². The fourth-order valence-electron chi connectivity index (χ4n) is 4.56. The van der Waals surface area contributed by atoms with Gasteiger partial charge in [-0.05, 0) is 48.2 Å². The SMILES string of the molecule is O=S(=O)(c1ccc(-c2cccc(C(F)(F)F)c2)cc1)N1C2CCC1c1cncnc1C2. The fourth-order valence-corrected chi connectivity index (χ4v) is 6.41. The van der Waals surface area contributed by atoms with Crippen LogP contribution in [0.5, 0.6) is 0 Å². The molecule has 2 atom stereocenters. The summed E-state index contributed by atoms with van der Waals surface area (Å²) in [7, 11) is -3.77. The van der Waals surface area contributed by atoms with Gasteiger partial charge in [0.1, 0.15) is 6.33 Å². The van der Waals surface area contributed by atoms with E-state index in [2.05, 4.69) is 9.97 Å². The number of aromatic nitrogens is 2.